The molecule has 1 spiro atoms. The molecule has 2 amide bonds. The van der Waals surface area contributed by atoms with Gasteiger partial charge in [-0.1, -0.05) is 95.9 Å². The van der Waals surface area contributed by atoms with Crippen LogP contribution in [0.4, 0.5) is 15.2 Å². The van der Waals surface area contributed by atoms with Gasteiger partial charge in [-0.3, -0.25) is 19.3 Å². The Balaban J connectivity index is 1.31. The number of thioether (sulfide) groups is 1. The number of hydrogen-bond acceptors (Lipinski definition) is 8. The number of anilines is 2. The molecule has 0 N–H and O–H groups in total. The number of carbonyl (C=O) groups excluding carboxylic acids is 2. The summed E-state index contributed by atoms with van der Waals surface area (Å²) >= 11 is 2.51. The van der Waals surface area contributed by atoms with Crippen LogP contribution >= 0.6 is 23.1 Å². The predicted octanol–water partition coefficient (Wildman–Crippen LogP) is 6.53. The Morgan fingerprint density at radius 1 is 0.822 bits per heavy atom. The molecule has 0 radical (unpaired) electrons. The molecule has 2 aliphatic rings. The zero-order chi connectivity index (χ0) is 30.7. The maximum absolute atomic E-state index is 15.0. The molecule has 4 aromatic carbocycles. The Bertz CT molecular complexity index is 2200. The number of amides is 2. The molecular weight excluding hydrogens is 612 g/mol. The first-order chi connectivity index (χ1) is 22.0. The lowest BCUT2D eigenvalue weighted by Gasteiger charge is -2.32. The normalized spacial score (nSPS) is 17.0. The average Bonchev–Trinajstić information content (AvgIpc) is 3.70. The van der Waals surface area contributed by atoms with Gasteiger partial charge in [0.25, 0.3) is 11.8 Å². The van der Waals surface area contributed by atoms with E-state index in [2.05, 4.69) is 10.2 Å². The molecule has 0 bridgehead atoms. The summed E-state index contributed by atoms with van der Waals surface area (Å²) in [6, 6.07) is 29.6. The van der Waals surface area contributed by atoms with E-state index >= 15 is 0 Å². The third kappa shape index (κ3) is 4.15. The molecule has 0 fully saturated rings. The summed E-state index contributed by atoms with van der Waals surface area (Å²) in [4.78, 5) is 46.6. The van der Waals surface area contributed by atoms with Crippen LogP contribution in [0.25, 0.3) is 11.0 Å². The first-order valence-corrected chi connectivity index (χ1v) is 15.8. The molecule has 6 aromatic rings. The van der Waals surface area contributed by atoms with Crippen LogP contribution in [0.5, 0.6) is 0 Å². The van der Waals surface area contributed by atoms with E-state index in [9.17, 15) is 18.8 Å². The summed E-state index contributed by atoms with van der Waals surface area (Å²) in [5, 5.41) is 9.11. The summed E-state index contributed by atoms with van der Waals surface area (Å²) in [6.07, 6.45) is 0. The molecule has 8 nitrogen and oxygen atoms in total. The second-order valence-corrected chi connectivity index (χ2v) is 12.8. The summed E-state index contributed by atoms with van der Waals surface area (Å²) in [6.45, 7) is 0.226. The van der Waals surface area contributed by atoms with Crippen LogP contribution in [-0.4, -0.2) is 22.0 Å². The van der Waals surface area contributed by atoms with E-state index in [0.29, 0.717) is 21.3 Å². The first kappa shape index (κ1) is 27.4. The van der Waals surface area contributed by atoms with Crippen molar-refractivity contribution < 1.29 is 18.4 Å². The second-order valence-electron chi connectivity index (χ2n) is 10.6. The monoisotopic (exact) mass is 632 g/mol. The molecular formula is C34H21FN4O4S2. The van der Waals surface area contributed by atoms with Crippen molar-refractivity contribution in [2.45, 2.75) is 22.2 Å². The zero-order valence-electron chi connectivity index (χ0n) is 23.3. The number of fused-ring (bicyclic) bond motifs is 5. The van der Waals surface area contributed by atoms with Gasteiger partial charge in [0.2, 0.25) is 10.9 Å². The van der Waals surface area contributed by atoms with Crippen LogP contribution in [0.1, 0.15) is 32.8 Å². The van der Waals surface area contributed by atoms with E-state index in [0.717, 1.165) is 22.5 Å². The largest absolute Gasteiger partial charge is 0.450 e. The van der Waals surface area contributed by atoms with E-state index in [1.807, 2.05) is 42.5 Å². The lowest BCUT2D eigenvalue weighted by atomic mass is 9.84. The van der Waals surface area contributed by atoms with E-state index in [-0.39, 0.29) is 39.8 Å². The van der Waals surface area contributed by atoms with Crippen molar-refractivity contribution in [1.82, 2.24) is 10.2 Å². The minimum absolute atomic E-state index is 0.0325. The van der Waals surface area contributed by atoms with Crippen molar-refractivity contribution >= 4 is 56.7 Å². The zero-order valence-corrected chi connectivity index (χ0v) is 25.0. The Morgan fingerprint density at radius 3 is 2.38 bits per heavy atom. The minimum atomic E-state index is -1.86. The van der Waals surface area contributed by atoms with Crippen molar-refractivity contribution in [2.75, 3.05) is 9.80 Å². The number of para-hydroxylation sites is 2. The number of aromatic nitrogens is 2. The molecule has 8 rings (SSSR count). The number of benzene rings is 4. The number of hydrogen-bond donors (Lipinski definition) is 0. The van der Waals surface area contributed by atoms with Crippen molar-refractivity contribution in [2.24, 2.45) is 0 Å². The highest BCUT2D eigenvalue weighted by molar-refractivity contribution is 8.00. The number of rotatable bonds is 6. The van der Waals surface area contributed by atoms with Crippen LogP contribution in [-0.2, 0) is 22.6 Å². The van der Waals surface area contributed by atoms with Gasteiger partial charge in [0.05, 0.1) is 23.2 Å². The SMILES string of the molecule is O=C1c2oc3ccccc3c(=O)c2C2(C(=O)N(Cc3ccccc3)c3ccccc32)N1c1nnc(SCc2ccc(F)cc2)s1. The highest BCUT2D eigenvalue weighted by Crippen LogP contribution is 2.55. The summed E-state index contributed by atoms with van der Waals surface area (Å²) < 4.78 is 20.1. The van der Waals surface area contributed by atoms with Crippen molar-refractivity contribution in [3.63, 3.8) is 0 Å². The maximum Gasteiger partial charge on any atom is 0.297 e. The standard InChI is InChI=1S/C34H21FN4O4S2/c35-22-16-14-21(15-17-22)19-44-33-37-36-32(45-33)39-30(41)29-27(28(40)23-10-4-7-13-26(23)43-29)34(39)24-11-5-6-12-25(24)38(31(34)42)18-20-8-2-1-3-9-20/h1-17H,18-19H2. The van der Waals surface area contributed by atoms with Gasteiger partial charge >= 0.3 is 0 Å². The molecule has 0 saturated heterocycles. The van der Waals surface area contributed by atoms with Crippen LogP contribution < -0.4 is 15.2 Å². The average molecular weight is 633 g/mol. The molecule has 2 aliphatic heterocycles. The van der Waals surface area contributed by atoms with Crippen LogP contribution in [0.15, 0.2) is 117 Å². The summed E-state index contributed by atoms with van der Waals surface area (Å²) in [5.41, 5.74) is 0.737. The third-order valence-corrected chi connectivity index (χ3v) is 10.2. The fraction of sp³-hybridized carbons (Fsp3) is 0.0882. The Hall–Kier alpha value is -5.13. The van der Waals surface area contributed by atoms with Gasteiger partial charge in [-0.2, -0.15) is 0 Å². The van der Waals surface area contributed by atoms with Crippen molar-refractivity contribution in [3.8, 4) is 0 Å². The molecule has 1 unspecified atom stereocenters. The molecule has 11 heteroatoms. The summed E-state index contributed by atoms with van der Waals surface area (Å²) in [7, 11) is 0. The fourth-order valence-corrected chi connectivity index (χ4v) is 7.96. The van der Waals surface area contributed by atoms with E-state index in [1.165, 1.54) is 28.8 Å². The van der Waals surface area contributed by atoms with Crippen LogP contribution in [0.3, 0.4) is 0 Å². The van der Waals surface area contributed by atoms with Gasteiger partial charge in [-0.05, 0) is 41.5 Å². The highest BCUT2D eigenvalue weighted by atomic mass is 32.2. The van der Waals surface area contributed by atoms with Gasteiger partial charge in [-0.25, -0.2) is 4.39 Å². The predicted molar refractivity (Wildman–Crippen MR) is 170 cm³/mol. The Kier molecular flexibility index (Phi) is 6.40. The number of nitrogens with zero attached hydrogens (tertiary/aromatic N) is 4. The quantitative estimate of drug-likeness (QED) is 0.152. The molecule has 1 atom stereocenters. The number of carbonyl (C=O) groups is 2. The topological polar surface area (TPSA) is 96.6 Å². The molecule has 0 aliphatic carbocycles. The fourth-order valence-electron chi connectivity index (χ4n) is 6.11. The summed E-state index contributed by atoms with van der Waals surface area (Å²) in [5.74, 6) is -1.13. The van der Waals surface area contributed by atoms with Gasteiger partial charge < -0.3 is 9.32 Å². The van der Waals surface area contributed by atoms with E-state index in [1.54, 1.807) is 53.4 Å². The third-order valence-electron chi connectivity index (χ3n) is 8.08. The highest BCUT2D eigenvalue weighted by Gasteiger charge is 2.66. The van der Waals surface area contributed by atoms with Crippen molar-refractivity contribution in [1.29, 1.82) is 0 Å². The lowest BCUT2D eigenvalue weighted by molar-refractivity contribution is -0.121. The van der Waals surface area contributed by atoms with Gasteiger partial charge in [0.1, 0.15) is 11.4 Å². The Labute approximate surface area is 263 Å². The smallest absolute Gasteiger partial charge is 0.297 e. The maximum atomic E-state index is 15.0. The minimum Gasteiger partial charge on any atom is -0.450 e. The first-order valence-electron chi connectivity index (χ1n) is 14.0. The molecule has 45 heavy (non-hydrogen) atoms. The molecule has 0 saturated carbocycles. The van der Waals surface area contributed by atoms with E-state index in [4.69, 9.17) is 4.42 Å². The Morgan fingerprint density at radius 2 is 1.56 bits per heavy atom. The van der Waals surface area contributed by atoms with Crippen LogP contribution in [0.2, 0.25) is 0 Å². The van der Waals surface area contributed by atoms with Crippen molar-refractivity contribution in [3.05, 3.63) is 147 Å². The lowest BCUT2D eigenvalue weighted by Crippen LogP contribution is -2.53. The van der Waals surface area contributed by atoms with Gasteiger partial charge in [-0.15, -0.1) is 10.2 Å². The molecule has 4 heterocycles. The van der Waals surface area contributed by atoms with Crippen LogP contribution in [0, 0.1) is 5.82 Å². The molecule has 2 aromatic heterocycles. The molecule has 220 valence electrons. The van der Waals surface area contributed by atoms with Gasteiger partial charge in [0, 0.05) is 11.3 Å². The van der Waals surface area contributed by atoms with E-state index < -0.39 is 22.8 Å². The van der Waals surface area contributed by atoms with Gasteiger partial charge in [0.15, 0.2) is 15.3 Å². The number of halogens is 1. The second kappa shape index (κ2) is 10.5.